The summed E-state index contributed by atoms with van der Waals surface area (Å²) in [5.74, 6) is -0.379. The standard InChI is InChI=1S/C21H25FN4OS/c1-15-11-16(2)13-19(12-15)24-21(28)26-9-7-25(8-10-26)14-20(27)23-18-5-3-17(22)4-6-18/h3-6,11-13H,7-10,14H2,1-2H3,(H,23,27)(H,24,28)/p+1. The van der Waals surface area contributed by atoms with E-state index in [0.29, 0.717) is 12.2 Å². The minimum absolute atomic E-state index is 0.0639. The molecular weight excluding hydrogens is 375 g/mol. The number of carbonyl (C=O) groups excluding carboxylic acids is 1. The number of thiocarbonyl (C=S) groups is 1. The lowest BCUT2D eigenvalue weighted by Crippen LogP contribution is -3.15. The van der Waals surface area contributed by atoms with Gasteiger partial charge in [-0.05, 0) is 73.6 Å². The van der Waals surface area contributed by atoms with E-state index in [1.54, 1.807) is 12.1 Å². The molecule has 0 bridgehead atoms. The lowest BCUT2D eigenvalue weighted by molar-refractivity contribution is -0.895. The zero-order valence-corrected chi connectivity index (χ0v) is 17.0. The van der Waals surface area contributed by atoms with E-state index in [1.807, 2.05) is 0 Å². The lowest BCUT2D eigenvalue weighted by Gasteiger charge is -2.33. The van der Waals surface area contributed by atoms with E-state index in [-0.39, 0.29) is 11.7 Å². The number of carbonyl (C=O) groups is 1. The third-order valence-corrected chi connectivity index (χ3v) is 5.13. The first kappa shape index (κ1) is 20.2. The molecule has 1 aliphatic rings. The Kier molecular flexibility index (Phi) is 6.59. The van der Waals surface area contributed by atoms with E-state index in [1.165, 1.54) is 28.2 Å². The van der Waals surface area contributed by atoms with Crippen molar-refractivity contribution in [1.82, 2.24) is 4.90 Å². The number of rotatable bonds is 4. The molecule has 2 aromatic rings. The van der Waals surface area contributed by atoms with Gasteiger partial charge in [0.25, 0.3) is 5.91 Å². The van der Waals surface area contributed by atoms with Gasteiger partial charge >= 0.3 is 0 Å². The van der Waals surface area contributed by atoms with E-state index in [0.717, 1.165) is 37.0 Å². The Morgan fingerprint density at radius 2 is 1.64 bits per heavy atom. The summed E-state index contributed by atoms with van der Waals surface area (Å²) in [5, 5.41) is 6.86. The van der Waals surface area contributed by atoms with Gasteiger partial charge in [0.1, 0.15) is 5.82 Å². The van der Waals surface area contributed by atoms with Gasteiger partial charge in [-0.25, -0.2) is 4.39 Å². The van der Waals surface area contributed by atoms with E-state index in [9.17, 15) is 9.18 Å². The summed E-state index contributed by atoms with van der Waals surface area (Å²) >= 11 is 5.56. The monoisotopic (exact) mass is 401 g/mol. The molecule has 7 heteroatoms. The van der Waals surface area contributed by atoms with E-state index in [4.69, 9.17) is 12.2 Å². The van der Waals surface area contributed by atoms with Gasteiger partial charge in [0.15, 0.2) is 11.7 Å². The maximum Gasteiger partial charge on any atom is 0.279 e. The molecule has 1 saturated heterocycles. The van der Waals surface area contributed by atoms with Crippen LogP contribution in [0.25, 0.3) is 0 Å². The number of hydrogen-bond acceptors (Lipinski definition) is 2. The number of benzene rings is 2. The van der Waals surface area contributed by atoms with Crippen LogP contribution >= 0.6 is 12.2 Å². The molecule has 0 spiro atoms. The molecule has 0 aliphatic carbocycles. The first-order valence-corrected chi connectivity index (χ1v) is 9.83. The van der Waals surface area contributed by atoms with Crippen LogP contribution in [-0.2, 0) is 4.79 Å². The van der Waals surface area contributed by atoms with E-state index < -0.39 is 0 Å². The van der Waals surface area contributed by atoms with Crippen LogP contribution in [0.3, 0.4) is 0 Å². The number of halogens is 1. The first-order chi connectivity index (χ1) is 13.4. The van der Waals surface area contributed by atoms with Crippen molar-refractivity contribution in [2.24, 2.45) is 0 Å². The second-order valence-corrected chi connectivity index (χ2v) is 7.66. The van der Waals surface area contributed by atoms with Crippen molar-refractivity contribution in [1.29, 1.82) is 0 Å². The Labute approximate surface area is 170 Å². The highest BCUT2D eigenvalue weighted by atomic mass is 32.1. The maximum absolute atomic E-state index is 12.9. The summed E-state index contributed by atoms with van der Waals surface area (Å²) in [4.78, 5) is 15.6. The molecule has 1 fully saturated rings. The number of quaternary nitrogens is 1. The fourth-order valence-corrected chi connectivity index (χ4v) is 3.72. The summed E-state index contributed by atoms with van der Waals surface area (Å²) in [6.45, 7) is 7.81. The average molecular weight is 402 g/mol. The van der Waals surface area contributed by atoms with Crippen molar-refractivity contribution in [3.8, 4) is 0 Å². The smallest absolute Gasteiger partial charge is 0.279 e. The van der Waals surface area contributed by atoms with Crippen LogP contribution in [-0.4, -0.2) is 48.6 Å². The van der Waals surface area contributed by atoms with Gasteiger partial charge in [0, 0.05) is 11.4 Å². The molecule has 1 heterocycles. The van der Waals surface area contributed by atoms with E-state index >= 15 is 0 Å². The molecule has 5 nitrogen and oxygen atoms in total. The zero-order chi connectivity index (χ0) is 20.1. The number of nitrogens with one attached hydrogen (secondary N) is 3. The van der Waals surface area contributed by atoms with Crippen molar-refractivity contribution in [3.05, 3.63) is 59.4 Å². The second kappa shape index (κ2) is 9.12. The van der Waals surface area contributed by atoms with Crippen molar-refractivity contribution in [2.75, 3.05) is 43.4 Å². The number of piperazine rings is 1. The molecule has 0 saturated carbocycles. The molecule has 28 heavy (non-hydrogen) atoms. The molecule has 0 aromatic heterocycles. The van der Waals surface area contributed by atoms with Crippen molar-refractivity contribution in [2.45, 2.75) is 13.8 Å². The molecule has 1 amide bonds. The fraction of sp³-hybridized carbons (Fsp3) is 0.333. The Balaban J connectivity index is 1.45. The molecule has 148 valence electrons. The number of hydrogen-bond donors (Lipinski definition) is 3. The van der Waals surface area contributed by atoms with Gasteiger partial charge in [-0.15, -0.1) is 0 Å². The largest absolute Gasteiger partial charge is 0.338 e. The summed E-state index contributed by atoms with van der Waals surface area (Å²) in [5.41, 5.74) is 4.03. The number of anilines is 2. The minimum Gasteiger partial charge on any atom is -0.338 e. The molecular formula is C21H26FN4OS+. The molecule has 0 radical (unpaired) electrons. The van der Waals surface area contributed by atoms with Gasteiger partial charge in [0.2, 0.25) is 0 Å². The highest BCUT2D eigenvalue weighted by molar-refractivity contribution is 7.80. The van der Waals surface area contributed by atoms with Crippen LogP contribution in [0.5, 0.6) is 0 Å². The number of amides is 1. The van der Waals surface area contributed by atoms with Crippen LogP contribution in [0.4, 0.5) is 15.8 Å². The Bertz CT molecular complexity index is 828. The Morgan fingerprint density at radius 1 is 1.04 bits per heavy atom. The van der Waals surface area contributed by atoms with Gasteiger partial charge in [-0.3, -0.25) is 4.79 Å². The van der Waals surface area contributed by atoms with Gasteiger partial charge in [-0.2, -0.15) is 0 Å². The summed E-state index contributed by atoms with van der Waals surface area (Å²) in [6, 6.07) is 12.1. The fourth-order valence-electron chi connectivity index (χ4n) is 3.42. The van der Waals surface area contributed by atoms with Crippen LogP contribution in [0.1, 0.15) is 11.1 Å². The first-order valence-electron chi connectivity index (χ1n) is 9.42. The normalized spacial score (nSPS) is 14.6. The van der Waals surface area contributed by atoms with Crippen LogP contribution in [0.2, 0.25) is 0 Å². The van der Waals surface area contributed by atoms with E-state index in [2.05, 4.69) is 47.6 Å². The van der Waals surface area contributed by atoms with Crippen molar-refractivity contribution >= 4 is 34.6 Å². The van der Waals surface area contributed by atoms with Crippen LogP contribution < -0.4 is 15.5 Å². The van der Waals surface area contributed by atoms with Gasteiger partial charge < -0.3 is 20.4 Å². The highest BCUT2D eigenvalue weighted by Crippen LogP contribution is 2.14. The molecule has 3 N–H and O–H groups in total. The SMILES string of the molecule is Cc1cc(C)cc(NC(=S)N2CC[NH+](CC(=O)Nc3ccc(F)cc3)CC2)c1. The number of aryl methyl sites for hydroxylation is 2. The molecule has 2 aromatic carbocycles. The van der Waals surface area contributed by atoms with Crippen molar-refractivity contribution < 1.29 is 14.1 Å². The van der Waals surface area contributed by atoms with Crippen LogP contribution in [0.15, 0.2) is 42.5 Å². The Hall–Kier alpha value is -2.51. The van der Waals surface area contributed by atoms with Crippen LogP contribution in [0, 0.1) is 19.7 Å². The predicted molar refractivity (Wildman–Crippen MR) is 114 cm³/mol. The Morgan fingerprint density at radius 3 is 2.25 bits per heavy atom. The predicted octanol–water partition coefficient (Wildman–Crippen LogP) is 1.98. The molecule has 0 atom stereocenters. The summed E-state index contributed by atoms with van der Waals surface area (Å²) in [6.07, 6.45) is 0. The quantitative estimate of drug-likeness (QED) is 0.686. The van der Waals surface area contributed by atoms with Crippen molar-refractivity contribution in [3.63, 3.8) is 0 Å². The third-order valence-electron chi connectivity index (χ3n) is 4.77. The number of nitrogens with zero attached hydrogens (tertiary/aromatic N) is 1. The highest BCUT2D eigenvalue weighted by Gasteiger charge is 2.23. The lowest BCUT2D eigenvalue weighted by atomic mass is 10.1. The summed E-state index contributed by atoms with van der Waals surface area (Å²) in [7, 11) is 0. The van der Waals surface area contributed by atoms with Gasteiger partial charge in [0.05, 0.1) is 26.2 Å². The average Bonchev–Trinajstić information content (AvgIpc) is 2.63. The molecule has 3 rings (SSSR count). The second-order valence-electron chi connectivity index (χ2n) is 7.28. The minimum atomic E-state index is -0.315. The third kappa shape index (κ3) is 5.74. The molecule has 0 unspecified atom stereocenters. The zero-order valence-electron chi connectivity index (χ0n) is 16.2. The summed E-state index contributed by atoms with van der Waals surface area (Å²) < 4.78 is 12.9. The topological polar surface area (TPSA) is 48.8 Å². The molecule has 1 aliphatic heterocycles. The maximum atomic E-state index is 12.9. The van der Waals surface area contributed by atoms with Gasteiger partial charge in [-0.1, -0.05) is 6.07 Å².